The van der Waals surface area contributed by atoms with Crippen molar-refractivity contribution < 1.29 is 9.53 Å². The van der Waals surface area contributed by atoms with Crippen LogP contribution in [0.4, 0.5) is 5.82 Å². The maximum Gasteiger partial charge on any atom is 0.256 e. The zero-order valence-electron chi connectivity index (χ0n) is 15.4. The van der Waals surface area contributed by atoms with Crippen molar-refractivity contribution in [2.24, 2.45) is 0 Å². The topological polar surface area (TPSA) is 60.9 Å². The highest BCUT2D eigenvalue weighted by molar-refractivity contribution is 5.98. The Morgan fingerprint density at radius 2 is 2.00 bits per heavy atom. The SMILES string of the molecule is O=C(NCN1CCOCC1)c1cccnc1N1CCC(N2CCCC2)C1. The minimum absolute atomic E-state index is 0.0378. The van der Waals surface area contributed by atoms with Crippen molar-refractivity contribution in [2.45, 2.75) is 25.3 Å². The van der Waals surface area contributed by atoms with Gasteiger partial charge in [0, 0.05) is 38.4 Å². The summed E-state index contributed by atoms with van der Waals surface area (Å²) >= 11 is 0. The van der Waals surface area contributed by atoms with Gasteiger partial charge in [-0.15, -0.1) is 0 Å². The third kappa shape index (κ3) is 4.00. The largest absolute Gasteiger partial charge is 0.379 e. The number of carbonyl (C=O) groups excluding carboxylic acids is 1. The molecular formula is C19H29N5O2. The first-order valence-electron chi connectivity index (χ1n) is 9.83. The summed E-state index contributed by atoms with van der Waals surface area (Å²) in [5.41, 5.74) is 0.683. The standard InChI is InChI=1S/C19H29N5O2/c25-19(21-15-22-10-12-26-13-11-22)17-4-3-6-20-18(17)24-9-5-16(14-24)23-7-1-2-8-23/h3-4,6,16H,1-2,5,7-15H2,(H,21,25). The summed E-state index contributed by atoms with van der Waals surface area (Å²) in [6.45, 7) is 8.14. The molecule has 26 heavy (non-hydrogen) atoms. The Morgan fingerprint density at radius 3 is 2.81 bits per heavy atom. The monoisotopic (exact) mass is 359 g/mol. The van der Waals surface area contributed by atoms with Gasteiger partial charge in [0.25, 0.3) is 5.91 Å². The third-order valence-corrected chi connectivity index (χ3v) is 5.72. The second-order valence-electron chi connectivity index (χ2n) is 7.40. The predicted octanol–water partition coefficient (Wildman–Crippen LogP) is 0.776. The van der Waals surface area contributed by atoms with Crippen LogP contribution in [0, 0.1) is 0 Å². The van der Waals surface area contributed by atoms with E-state index in [1.165, 1.54) is 25.9 Å². The highest BCUT2D eigenvalue weighted by Crippen LogP contribution is 2.26. The van der Waals surface area contributed by atoms with Gasteiger partial charge in [-0.25, -0.2) is 4.98 Å². The van der Waals surface area contributed by atoms with Crippen molar-refractivity contribution in [2.75, 3.05) is 64.1 Å². The van der Waals surface area contributed by atoms with Crippen LogP contribution in [0.3, 0.4) is 0 Å². The van der Waals surface area contributed by atoms with E-state index in [0.717, 1.165) is 51.6 Å². The molecule has 0 radical (unpaired) electrons. The number of nitrogens with zero attached hydrogens (tertiary/aromatic N) is 4. The smallest absolute Gasteiger partial charge is 0.256 e. The summed E-state index contributed by atoms with van der Waals surface area (Å²) in [4.78, 5) is 24.4. The van der Waals surface area contributed by atoms with Crippen LogP contribution < -0.4 is 10.2 Å². The lowest BCUT2D eigenvalue weighted by atomic mass is 10.2. The Balaban J connectivity index is 1.39. The van der Waals surface area contributed by atoms with Crippen LogP contribution in [0.1, 0.15) is 29.6 Å². The average molecular weight is 359 g/mol. The zero-order chi connectivity index (χ0) is 17.8. The number of pyridine rings is 1. The molecule has 1 N–H and O–H groups in total. The summed E-state index contributed by atoms with van der Waals surface area (Å²) < 4.78 is 5.35. The summed E-state index contributed by atoms with van der Waals surface area (Å²) in [5.74, 6) is 0.790. The van der Waals surface area contributed by atoms with Gasteiger partial charge < -0.3 is 15.0 Å². The van der Waals surface area contributed by atoms with E-state index < -0.39 is 0 Å². The van der Waals surface area contributed by atoms with E-state index in [2.05, 4.69) is 25.0 Å². The van der Waals surface area contributed by atoms with Crippen molar-refractivity contribution in [1.82, 2.24) is 20.1 Å². The molecule has 3 saturated heterocycles. The number of carbonyl (C=O) groups is 1. The van der Waals surface area contributed by atoms with Gasteiger partial charge in [0.05, 0.1) is 25.4 Å². The maximum atomic E-state index is 12.8. The minimum atomic E-state index is -0.0378. The van der Waals surface area contributed by atoms with E-state index in [9.17, 15) is 4.79 Å². The number of ether oxygens (including phenoxy) is 1. The first-order valence-corrected chi connectivity index (χ1v) is 9.83. The van der Waals surface area contributed by atoms with E-state index in [4.69, 9.17) is 4.74 Å². The number of likely N-dealkylation sites (tertiary alicyclic amines) is 1. The molecule has 4 heterocycles. The molecule has 0 aliphatic carbocycles. The van der Waals surface area contributed by atoms with Crippen LogP contribution in [0.15, 0.2) is 18.3 Å². The molecular weight excluding hydrogens is 330 g/mol. The van der Waals surface area contributed by atoms with Gasteiger partial charge in [-0.3, -0.25) is 14.6 Å². The Morgan fingerprint density at radius 1 is 1.19 bits per heavy atom. The number of hydrogen-bond donors (Lipinski definition) is 1. The molecule has 0 aromatic carbocycles. The fraction of sp³-hybridized carbons (Fsp3) is 0.684. The van der Waals surface area contributed by atoms with E-state index >= 15 is 0 Å². The van der Waals surface area contributed by atoms with Gasteiger partial charge in [-0.2, -0.15) is 0 Å². The molecule has 0 spiro atoms. The van der Waals surface area contributed by atoms with Gasteiger partial charge in [-0.1, -0.05) is 0 Å². The van der Waals surface area contributed by atoms with Crippen molar-refractivity contribution in [1.29, 1.82) is 0 Å². The van der Waals surface area contributed by atoms with Crippen LogP contribution in [0.2, 0.25) is 0 Å². The zero-order valence-corrected chi connectivity index (χ0v) is 15.4. The molecule has 1 unspecified atom stereocenters. The van der Waals surface area contributed by atoms with E-state index in [0.29, 0.717) is 18.3 Å². The molecule has 7 nitrogen and oxygen atoms in total. The molecule has 142 valence electrons. The van der Waals surface area contributed by atoms with Crippen molar-refractivity contribution in [3.63, 3.8) is 0 Å². The summed E-state index contributed by atoms with van der Waals surface area (Å²) in [7, 11) is 0. The molecule has 0 bridgehead atoms. The predicted molar refractivity (Wildman–Crippen MR) is 100 cm³/mol. The number of anilines is 1. The van der Waals surface area contributed by atoms with E-state index in [1.54, 1.807) is 6.20 Å². The van der Waals surface area contributed by atoms with Crippen LogP contribution in [-0.4, -0.2) is 85.9 Å². The molecule has 1 atom stereocenters. The highest BCUT2D eigenvalue weighted by Gasteiger charge is 2.31. The van der Waals surface area contributed by atoms with Gasteiger partial charge in [0.15, 0.2) is 0 Å². The molecule has 7 heteroatoms. The van der Waals surface area contributed by atoms with Crippen LogP contribution in [-0.2, 0) is 4.74 Å². The number of rotatable bonds is 5. The first-order chi connectivity index (χ1) is 12.8. The number of aromatic nitrogens is 1. The molecule has 3 aliphatic rings. The van der Waals surface area contributed by atoms with Gasteiger partial charge >= 0.3 is 0 Å². The first kappa shape index (κ1) is 17.7. The van der Waals surface area contributed by atoms with Crippen molar-refractivity contribution in [3.8, 4) is 0 Å². The Hall–Kier alpha value is -1.70. The second kappa shape index (κ2) is 8.33. The highest BCUT2D eigenvalue weighted by atomic mass is 16.5. The van der Waals surface area contributed by atoms with Gasteiger partial charge in [0.2, 0.25) is 0 Å². The average Bonchev–Trinajstić information content (AvgIpc) is 3.38. The quantitative estimate of drug-likeness (QED) is 0.838. The third-order valence-electron chi connectivity index (χ3n) is 5.72. The molecule has 1 aromatic heterocycles. The number of amides is 1. The molecule has 3 fully saturated rings. The second-order valence-corrected chi connectivity index (χ2v) is 7.40. The Labute approximate surface area is 155 Å². The normalized spacial score (nSPS) is 24.9. The van der Waals surface area contributed by atoms with Crippen LogP contribution in [0.5, 0.6) is 0 Å². The van der Waals surface area contributed by atoms with Crippen LogP contribution >= 0.6 is 0 Å². The Kier molecular flexibility index (Phi) is 5.67. The van der Waals surface area contributed by atoms with Crippen molar-refractivity contribution in [3.05, 3.63) is 23.9 Å². The van der Waals surface area contributed by atoms with Crippen molar-refractivity contribution >= 4 is 11.7 Å². The number of hydrogen-bond acceptors (Lipinski definition) is 6. The summed E-state index contributed by atoms with van der Waals surface area (Å²) in [6, 6.07) is 4.34. The lowest BCUT2D eigenvalue weighted by Gasteiger charge is -2.27. The van der Waals surface area contributed by atoms with E-state index in [1.807, 2.05) is 12.1 Å². The summed E-state index contributed by atoms with van der Waals surface area (Å²) in [5, 5.41) is 3.05. The minimum Gasteiger partial charge on any atom is -0.379 e. The lowest BCUT2D eigenvalue weighted by molar-refractivity contribution is 0.0334. The molecule has 0 saturated carbocycles. The van der Waals surface area contributed by atoms with E-state index in [-0.39, 0.29) is 5.91 Å². The van der Waals surface area contributed by atoms with Gasteiger partial charge in [0.1, 0.15) is 5.82 Å². The fourth-order valence-electron chi connectivity index (χ4n) is 4.20. The Bertz CT molecular complexity index is 614. The lowest BCUT2D eigenvalue weighted by Crippen LogP contribution is -2.44. The number of nitrogens with one attached hydrogen (secondary N) is 1. The number of morpholine rings is 1. The molecule has 1 aromatic rings. The van der Waals surface area contributed by atoms with Gasteiger partial charge in [-0.05, 0) is 44.5 Å². The molecule has 3 aliphatic heterocycles. The fourth-order valence-corrected chi connectivity index (χ4v) is 4.20. The summed E-state index contributed by atoms with van der Waals surface area (Å²) in [6.07, 6.45) is 5.58. The molecule has 1 amide bonds. The maximum absolute atomic E-state index is 12.8. The molecule has 4 rings (SSSR count). The van der Waals surface area contributed by atoms with Crippen LogP contribution in [0.25, 0.3) is 0 Å².